The Morgan fingerprint density at radius 3 is 3.00 bits per heavy atom. The van der Waals surface area contributed by atoms with E-state index in [2.05, 4.69) is 31.8 Å². The Balaban J connectivity index is 1.61. The van der Waals surface area contributed by atoms with E-state index in [-0.39, 0.29) is 5.88 Å². The van der Waals surface area contributed by atoms with Crippen molar-refractivity contribution >= 4 is 29.6 Å². The largest absolute Gasteiger partial charge is 0.492 e. The van der Waals surface area contributed by atoms with Crippen LogP contribution in [-0.4, -0.2) is 39.4 Å². The van der Waals surface area contributed by atoms with Crippen LogP contribution in [0.1, 0.15) is 31.0 Å². The van der Waals surface area contributed by atoms with E-state index in [4.69, 9.17) is 0 Å². The molecular weight excluding hydrogens is 290 g/mol. The number of nitrogens with zero attached hydrogens (tertiary/aromatic N) is 4. The predicted octanol–water partition coefficient (Wildman–Crippen LogP) is 3.00. The monoisotopic (exact) mass is 309 g/mol. The second-order valence-electron chi connectivity index (χ2n) is 6.20. The number of hydrogen-bond donors (Lipinski definition) is 2. The average molecular weight is 309 g/mol. The number of nitrogens with one attached hydrogen (secondary N) is 1. The number of hydrogen-bond acceptors (Lipinski definition) is 5. The van der Waals surface area contributed by atoms with Crippen LogP contribution in [0.4, 0.5) is 11.8 Å². The highest BCUT2D eigenvalue weighted by atomic mass is 16.3. The molecule has 0 aromatic carbocycles. The van der Waals surface area contributed by atoms with Gasteiger partial charge in [-0.15, -0.1) is 0 Å². The van der Waals surface area contributed by atoms with Gasteiger partial charge < -0.3 is 15.0 Å². The number of aromatic nitrogens is 3. The van der Waals surface area contributed by atoms with Crippen LogP contribution < -0.4 is 4.90 Å². The van der Waals surface area contributed by atoms with Gasteiger partial charge >= 0.3 is 0 Å². The van der Waals surface area contributed by atoms with Crippen LogP contribution in [0.3, 0.4) is 0 Å². The first-order valence-electron chi connectivity index (χ1n) is 7.96. The number of anilines is 1. The van der Waals surface area contributed by atoms with Gasteiger partial charge in [0, 0.05) is 36.6 Å². The van der Waals surface area contributed by atoms with E-state index >= 15 is 0 Å². The minimum Gasteiger partial charge on any atom is -0.492 e. The molecule has 118 valence electrons. The summed E-state index contributed by atoms with van der Waals surface area (Å²) in [6.07, 6.45) is 7.67. The van der Waals surface area contributed by atoms with Crippen molar-refractivity contribution in [1.29, 1.82) is 0 Å². The molecule has 0 atom stereocenters. The number of aliphatic imine (C=N–C) groups is 1. The molecule has 2 aliphatic rings. The minimum absolute atomic E-state index is 0.0249. The second kappa shape index (κ2) is 5.53. The average Bonchev–Trinajstić information content (AvgIpc) is 3.13. The zero-order chi connectivity index (χ0) is 15.8. The first-order valence-corrected chi connectivity index (χ1v) is 7.96. The quantitative estimate of drug-likeness (QED) is 0.894. The maximum Gasteiger partial charge on any atom is 0.238 e. The molecule has 6 nitrogen and oxygen atoms in total. The van der Waals surface area contributed by atoms with Crippen molar-refractivity contribution < 1.29 is 5.11 Å². The molecule has 2 aromatic rings. The summed E-state index contributed by atoms with van der Waals surface area (Å²) in [5.41, 5.74) is 2.50. The van der Waals surface area contributed by atoms with Gasteiger partial charge in [0.25, 0.3) is 0 Å². The van der Waals surface area contributed by atoms with Gasteiger partial charge in [0.15, 0.2) is 5.82 Å². The lowest BCUT2D eigenvalue weighted by molar-refractivity contribution is 0.432. The van der Waals surface area contributed by atoms with Crippen LogP contribution in [0.2, 0.25) is 0 Å². The van der Waals surface area contributed by atoms with E-state index in [0.717, 1.165) is 48.9 Å². The van der Waals surface area contributed by atoms with E-state index in [9.17, 15) is 5.11 Å². The number of aromatic hydroxyl groups is 1. The maximum atomic E-state index is 10.1. The van der Waals surface area contributed by atoms with Gasteiger partial charge in [-0.3, -0.25) is 0 Å². The standard InChI is InChI=1S/C17H19N5O/c1-11-4-7-22(8-5-11)17-20-14(16(23)21-17)9-12-10-19-15-13(12)3-2-6-18-15/h2-3,6,9-11,23H,4-5,7-8H2,1H3,(H,20,21). The Hall–Kier alpha value is -2.63. The molecule has 4 heterocycles. The molecular formula is C17H19N5O. The van der Waals surface area contributed by atoms with E-state index in [1.165, 1.54) is 0 Å². The van der Waals surface area contributed by atoms with Crippen molar-refractivity contribution in [1.82, 2.24) is 15.0 Å². The van der Waals surface area contributed by atoms with Gasteiger partial charge in [0.2, 0.25) is 11.8 Å². The molecule has 2 N–H and O–H groups in total. The SMILES string of the molecule is CC1CCN(c2nc(O)c(C=C3C=Nc4ncccc43)[nH]2)CC1. The van der Waals surface area contributed by atoms with E-state index in [0.29, 0.717) is 11.5 Å². The maximum absolute atomic E-state index is 10.1. The summed E-state index contributed by atoms with van der Waals surface area (Å²) in [7, 11) is 0. The topological polar surface area (TPSA) is 77.4 Å². The van der Waals surface area contributed by atoms with Gasteiger partial charge in [-0.2, -0.15) is 4.98 Å². The summed E-state index contributed by atoms with van der Waals surface area (Å²) < 4.78 is 0. The third-order valence-electron chi connectivity index (χ3n) is 4.51. The molecule has 0 saturated carbocycles. The van der Waals surface area contributed by atoms with Gasteiger partial charge in [-0.1, -0.05) is 6.92 Å². The van der Waals surface area contributed by atoms with Crippen LogP contribution in [0.5, 0.6) is 5.88 Å². The first kappa shape index (κ1) is 14.0. The summed E-state index contributed by atoms with van der Waals surface area (Å²) in [6, 6.07) is 3.86. The van der Waals surface area contributed by atoms with Crippen molar-refractivity contribution in [2.75, 3.05) is 18.0 Å². The number of rotatable bonds is 2. The molecule has 1 saturated heterocycles. The number of fused-ring (bicyclic) bond motifs is 1. The molecule has 1 fully saturated rings. The molecule has 2 aromatic heterocycles. The lowest BCUT2D eigenvalue weighted by Gasteiger charge is -2.29. The molecule has 0 spiro atoms. The third kappa shape index (κ3) is 2.60. The third-order valence-corrected chi connectivity index (χ3v) is 4.51. The molecule has 0 amide bonds. The van der Waals surface area contributed by atoms with Gasteiger partial charge in [-0.05, 0) is 37.0 Å². The normalized spacial score (nSPS) is 19.5. The summed E-state index contributed by atoms with van der Waals surface area (Å²) in [5.74, 6) is 2.23. The van der Waals surface area contributed by atoms with Crippen LogP contribution >= 0.6 is 0 Å². The Morgan fingerprint density at radius 1 is 1.35 bits per heavy atom. The fourth-order valence-corrected chi connectivity index (χ4v) is 3.03. The summed E-state index contributed by atoms with van der Waals surface area (Å²) in [5, 5.41) is 10.1. The van der Waals surface area contributed by atoms with Crippen LogP contribution in [0.25, 0.3) is 11.6 Å². The molecule has 23 heavy (non-hydrogen) atoms. The Bertz CT molecular complexity index is 784. The highest BCUT2D eigenvalue weighted by molar-refractivity contribution is 6.20. The summed E-state index contributed by atoms with van der Waals surface area (Å²) in [4.78, 5) is 18.2. The summed E-state index contributed by atoms with van der Waals surface area (Å²) >= 11 is 0. The van der Waals surface area contributed by atoms with Crippen molar-refractivity contribution in [2.45, 2.75) is 19.8 Å². The number of pyridine rings is 1. The number of allylic oxidation sites excluding steroid dienone is 1. The Labute approximate surface area is 134 Å². The molecule has 0 unspecified atom stereocenters. The lowest BCUT2D eigenvalue weighted by atomic mass is 10.00. The van der Waals surface area contributed by atoms with E-state index < -0.39 is 0 Å². The first-order chi connectivity index (χ1) is 11.2. The highest BCUT2D eigenvalue weighted by Gasteiger charge is 2.20. The molecule has 2 aliphatic heterocycles. The summed E-state index contributed by atoms with van der Waals surface area (Å²) in [6.45, 7) is 4.22. The smallest absolute Gasteiger partial charge is 0.238 e. The number of piperidine rings is 1. The van der Waals surface area contributed by atoms with Crippen molar-refractivity contribution in [3.05, 3.63) is 29.6 Å². The van der Waals surface area contributed by atoms with Crippen LogP contribution in [0, 0.1) is 5.92 Å². The zero-order valence-electron chi connectivity index (χ0n) is 13.0. The zero-order valence-corrected chi connectivity index (χ0v) is 13.0. The fraction of sp³-hybridized carbons (Fsp3) is 0.353. The van der Waals surface area contributed by atoms with Gasteiger partial charge in [0.1, 0.15) is 5.69 Å². The lowest BCUT2D eigenvalue weighted by Crippen LogP contribution is -2.33. The van der Waals surface area contributed by atoms with Gasteiger partial charge in [0.05, 0.1) is 0 Å². The molecule has 6 heteroatoms. The Morgan fingerprint density at radius 2 is 2.17 bits per heavy atom. The van der Waals surface area contributed by atoms with Crippen LogP contribution in [0.15, 0.2) is 23.3 Å². The fourth-order valence-electron chi connectivity index (χ4n) is 3.03. The number of imidazole rings is 1. The van der Waals surface area contributed by atoms with E-state index in [1.807, 2.05) is 18.2 Å². The predicted molar refractivity (Wildman–Crippen MR) is 91.1 cm³/mol. The molecule has 0 radical (unpaired) electrons. The molecule has 4 rings (SSSR count). The molecule has 0 aliphatic carbocycles. The number of H-pyrrole nitrogens is 1. The van der Waals surface area contributed by atoms with Crippen LogP contribution in [-0.2, 0) is 0 Å². The van der Waals surface area contributed by atoms with Gasteiger partial charge in [-0.25, -0.2) is 9.98 Å². The van der Waals surface area contributed by atoms with Crippen molar-refractivity contribution in [2.24, 2.45) is 10.9 Å². The minimum atomic E-state index is 0.0249. The van der Waals surface area contributed by atoms with E-state index in [1.54, 1.807) is 12.4 Å². The van der Waals surface area contributed by atoms with Crippen molar-refractivity contribution in [3.8, 4) is 5.88 Å². The molecule has 0 bridgehead atoms. The Kier molecular flexibility index (Phi) is 3.37. The van der Waals surface area contributed by atoms with Crippen molar-refractivity contribution in [3.63, 3.8) is 0 Å². The highest BCUT2D eigenvalue weighted by Crippen LogP contribution is 2.32. The second-order valence-corrected chi connectivity index (χ2v) is 6.20. The number of aromatic amines is 1.